The van der Waals surface area contributed by atoms with Crippen molar-refractivity contribution in [2.45, 2.75) is 0 Å². The molecule has 0 heterocycles. The normalized spacial score (nSPS) is 9.50. The molecule has 1 amide bonds. The molecular formula is C10H11BrN2O. The number of halogens is 1. The summed E-state index contributed by atoms with van der Waals surface area (Å²) in [7, 11) is 0. The van der Waals surface area contributed by atoms with E-state index in [0.29, 0.717) is 22.3 Å². The Labute approximate surface area is 91.1 Å². The van der Waals surface area contributed by atoms with Gasteiger partial charge in [-0.05, 0) is 28.1 Å². The molecule has 74 valence electrons. The smallest absolute Gasteiger partial charge is 0.252 e. The number of hydrogen-bond donors (Lipinski definition) is 2. The van der Waals surface area contributed by atoms with Gasteiger partial charge in [-0.25, -0.2) is 0 Å². The van der Waals surface area contributed by atoms with E-state index in [1.165, 1.54) is 0 Å². The van der Waals surface area contributed by atoms with Crippen molar-refractivity contribution >= 4 is 27.5 Å². The second-order valence-electron chi connectivity index (χ2n) is 2.71. The molecule has 0 atom stereocenters. The Morgan fingerprint density at radius 3 is 3.00 bits per heavy atom. The molecule has 0 fully saturated rings. The lowest BCUT2D eigenvalue weighted by molar-refractivity contribution is 0.0957. The highest BCUT2D eigenvalue weighted by Crippen LogP contribution is 2.23. The molecule has 0 spiro atoms. The summed E-state index contributed by atoms with van der Waals surface area (Å²) in [4.78, 5) is 11.5. The molecule has 0 aliphatic rings. The summed E-state index contributed by atoms with van der Waals surface area (Å²) in [6.07, 6.45) is 1.62. The number of hydrogen-bond acceptors (Lipinski definition) is 2. The van der Waals surface area contributed by atoms with Gasteiger partial charge in [-0.3, -0.25) is 4.79 Å². The number of nitrogens with two attached hydrogens (primary N) is 1. The summed E-state index contributed by atoms with van der Waals surface area (Å²) in [5.41, 5.74) is 6.73. The van der Waals surface area contributed by atoms with Gasteiger partial charge in [0.2, 0.25) is 0 Å². The topological polar surface area (TPSA) is 55.1 Å². The highest BCUT2D eigenvalue weighted by atomic mass is 79.9. The van der Waals surface area contributed by atoms with Gasteiger partial charge in [-0.1, -0.05) is 12.1 Å². The lowest BCUT2D eigenvalue weighted by Gasteiger charge is -2.06. The number of nitrogen functional groups attached to an aromatic ring is 1. The minimum Gasteiger partial charge on any atom is -0.398 e. The molecule has 3 N–H and O–H groups in total. The van der Waals surface area contributed by atoms with Crippen molar-refractivity contribution in [3.8, 4) is 0 Å². The Hall–Kier alpha value is -1.29. The molecule has 0 aromatic heterocycles. The van der Waals surface area contributed by atoms with Crippen molar-refractivity contribution < 1.29 is 4.79 Å². The Morgan fingerprint density at radius 2 is 2.36 bits per heavy atom. The van der Waals surface area contributed by atoms with Crippen LogP contribution in [0, 0.1) is 0 Å². The van der Waals surface area contributed by atoms with Gasteiger partial charge >= 0.3 is 0 Å². The number of carbonyl (C=O) groups is 1. The van der Waals surface area contributed by atoms with Crippen LogP contribution in [0.4, 0.5) is 5.69 Å². The van der Waals surface area contributed by atoms with Crippen molar-refractivity contribution in [3.63, 3.8) is 0 Å². The zero-order valence-electron chi connectivity index (χ0n) is 7.59. The molecule has 14 heavy (non-hydrogen) atoms. The van der Waals surface area contributed by atoms with Crippen LogP contribution in [0.3, 0.4) is 0 Å². The molecule has 0 bridgehead atoms. The molecule has 0 radical (unpaired) electrons. The standard InChI is InChI=1S/C10H11BrN2O/c1-2-6-13-10(14)7-4-3-5-8(12)9(7)11/h2-5H,1,6,12H2,(H,13,14). The summed E-state index contributed by atoms with van der Waals surface area (Å²) in [5, 5.41) is 2.67. The van der Waals surface area contributed by atoms with Crippen LogP contribution in [-0.2, 0) is 0 Å². The van der Waals surface area contributed by atoms with Gasteiger partial charge in [0, 0.05) is 12.2 Å². The van der Waals surface area contributed by atoms with E-state index in [1.54, 1.807) is 24.3 Å². The Kier molecular flexibility index (Phi) is 3.71. The number of rotatable bonds is 3. The predicted octanol–water partition coefficient (Wildman–Crippen LogP) is 1.95. The monoisotopic (exact) mass is 254 g/mol. The molecule has 1 rings (SSSR count). The summed E-state index contributed by atoms with van der Waals surface area (Å²) in [6.45, 7) is 3.96. The number of amides is 1. The second-order valence-corrected chi connectivity index (χ2v) is 3.50. The van der Waals surface area contributed by atoms with Gasteiger partial charge < -0.3 is 11.1 Å². The lowest BCUT2D eigenvalue weighted by Crippen LogP contribution is -2.23. The lowest BCUT2D eigenvalue weighted by atomic mass is 10.2. The van der Waals surface area contributed by atoms with E-state index in [2.05, 4.69) is 27.8 Å². The second kappa shape index (κ2) is 4.81. The summed E-state index contributed by atoms with van der Waals surface area (Å²) in [5.74, 6) is -0.163. The molecule has 1 aromatic rings. The van der Waals surface area contributed by atoms with E-state index in [1.807, 2.05) is 0 Å². The molecule has 4 heteroatoms. The van der Waals surface area contributed by atoms with Gasteiger partial charge in [0.1, 0.15) is 0 Å². The first-order chi connectivity index (χ1) is 6.66. The van der Waals surface area contributed by atoms with Crippen LogP contribution >= 0.6 is 15.9 Å². The van der Waals surface area contributed by atoms with Crippen LogP contribution in [0.25, 0.3) is 0 Å². The zero-order valence-corrected chi connectivity index (χ0v) is 9.17. The quantitative estimate of drug-likeness (QED) is 0.640. The minimum absolute atomic E-state index is 0.163. The highest BCUT2D eigenvalue weighted by Gasteiger charge is 2.09. The Balaban J connectivity index is 2.89. The minimum atomic E-state index is -0.163. The van der Waals surface area contributed by atoms with Crippen LogP contribution in [-0.4, -0.2) is 12.5 Å². The average molecular weight is 255 g/mol. The van der Waals surface area contributed by atoms with E-state index in [4.69, 9.17) is 5.73 Å². The van der Waals surface area contributed by atoms with Gasteiger partial charge in [0.05, 0.1) is 10.0 Å². The maximum absolute atomic E-state index is 11.5. The van der Waals surface area contributed by atoms with Gasteiger partial charge in [-0.2, -0.15) is 0 Å². The van der Waals surface area contributed by atoms with Crippen molar-refractivity contribution in [1.82, 2.24) is 5.32 Å². The van der Waals surface area contributed by atoms with Crippen LogP contribution in [0.1, 0.15) is 10.4 Å². The summed E-state index contributed by atoms with van der Waals surface area (Å²) < 4.78 is 0.626. The largest absolute Gasteiger partial charge is 0.398 e. The number of anilines is 1. The summed E-state index contributed by atoms with van der Waals surface area (Å²) in [6, 6.07) is 5.18. The Bertz CT molecular complexity index is 363. The first-order valence-electron chi connectivity index (χ1n) is 4.10. The maximum Gasteiger partial charge on any atom is 0.252 e. The van der Waals surface area contributed by atoms with Crippen LogP contribution < -0.4 is 11.1 Å². The first kappa shape index (κ1) is 10.8. The number of nitrogens with one attached hydrogen (secondary N) is 1. The highest BCUT2D eigenvalue weighted by molar-refractivity contribution is 9.10. The summed E-state index contributed by atoms with van der Waals surface area (Å²) >= 11 is 3.26. The van der Waals surface area contributed by atoms with Crippen molar-refractivity contribution in [1.29, 1.82) is 0 Å². The molecule has 1 aromatic carbocycles. The van der Waals surface area contributed by atoms with E-state index >= 15 is 0 Å². The fourth-order valence-corrected chi connectivity index (χ4v) is 1.43. The van der Waals surface area contributed by atoms with Crippen LogP contribution in [0.2, 0.25) is 0 Å². The van der Waals surface area contributed by atoms with E-state index < -0.39 is 0 Å². The van der Waals surface area contributed by atoms with Crippen LogP contribution in [0.5, 0.6) is 0 Å². The SMILES string of the molecule is C=CCNC(=O)c1cccc(N)c1Br. The van der Waals surface area contributed by atoms with Crippen molar-refractivity contribution in [3.05, 3.63) is 40.9 Å². The third-order valence-electron chi connectivity index (χ3n) is 1.68. The first-order valence-corrected chi connectivity index (χ1v) is 4.89. The Morgan fingerprint density at radius 1 is 1.64 bits per heavy atom. The van der Waals surface area contributed by atoms with Gasteiger partial charge in [-0.15, -0.1) is 6.58 Å². The molecule has 0 unspecified atom stereocenters. The molecule has 0 saturated carbocycles. The zero-order chi connectivity index (χ0) is 10.6. The van der Waals surface area contributed by atoms with Gasteiger partial charge in [0.15, 0.2) is 0 Å². The van der Waals surface area contributed by atoms with Crippen LogP contribution in [0.15, 0.2) is 35.3 Å². The fourth-order valence-electron chi connectivity index (χ4n) is 0.985. The molecule has 0 aliphatic heterocycles. The molecule has 0 saturated heterocycles. The number of benzene rings is 1. The third-order valence-corrected chi connectivity index (χ3v) is 2.57. The molecule has 3 nitrogen and oxygen atoms in total. The number of carbonyl (C=O) groups excluding carboxylic acids is 1. The van der Waals surface area contributed by atoms with E-state index in [9.17, 15) is 4.79 Å². The van der Waals surface area contributed by atoms with E-state index in [0.717, 1.165) is 0 Å². The maximum atomic E-state index is 11.5. The molecule has 0 aliphatic carbocycles. The third kappa shape index (κ3) is 2.35. The van der Waals surface area contributed by atoms with Gasteiger partial charge in [0.25, 0.3) is 5.91 Å². The average Bonchev–Trinajstić information content (AvgIpc) is 2.18. The molecular weight excluding hydrogens is 244 g/mol. The van der Waals surface area contributed by atoms with Crippen molar-refractivity contribution in [2.75, 3.05) is 12.3 Å². The predicted molar refractivity (Wildman–Crippen MR) is 61.1 cm³/mol. The van der Waals surface area contributed by atoms with E-state index in [-0.39, 0.29) is 5.91 Å². The fraction of sp³-hybridized carbons (Fsp3) is 0.100. The van der Waals surface area contributed by atoms with Crippen molar-refractivity contribution in [2.24, 2.45) is 0 Å².